The van der Waals surface area contributed by atoms with Crippen LogP contribution in [0.1, 0.15) is 5.56 Å². The second kappa shape index (κ2) is 6.86. The lowest BCUT2D eigenvalue weighted by Gasteiger charge is -2.07. The normalized spacial score (nSPS) is 11.8. The Balaban J connectivity index is 2.04. The van der Waals surface area contributed by atoms with Crippen LogP contribution in [0.4, 0.5) is 0 Å². The van der Waals surface area contributed by atoms with E-state index in [9.17, 15) is 9.00 Å². The van der Waals surface area contributed by atoms with Crippen LogP contribution in [0, 0.1) is 0 Å². The van der Waals surface area contributed by atoms with Crippen molar-refractivity contribution in [2.75, 3.05) is 5.75 Å². The third kappa shape index (κ3) is 4.51. The second-order valence-electron chi connectivity index (χ2n) is 4.26. The first-order chi connectivity index (χ1) is 9.63. The summed E-state index contributed by atoms with van der Waals surface area (Å²) in [6.07, 6.45) is 0. The summed E-state index contributed by atoms with van der Waals surface area (Å²) in [7, 11) is -1.29. The van der Waals surface area contributed by atoms with Crippen LogP contribution in [0.3, 0.4) is 0 Å². The van der Waals surface area contributed by atoms with Crippen molar-refractivity contribution in [3.05, 3.63) is 60.2 Å². The van der Waals surface area contributed by atoms with Gasteiger partial charge in [0.05, 0.1) is 0 Å². The third-order valence-corrected chi connectivity index (χ3v) is 3.77. The van der Waals surface area contributed by atoms with Gasteiger partial charge in [-0.2, -0.15) is 0 Å². The zero-order chi connectivity index (χ0) is 14.4. The van der Waals surface area contributed by atoms with E-state index in [1.54, 1.807) is 0 Å². The van der Waals surface area contributed by atoms with E-state index in [0.29, 0.717) is 5.75 Å². The molecule has 2 rings (SSSR count). The van der Waals surface area contributed by atoms with E-state index in [4.69, 9.17) is 10.5 Å². The highest BCUT2D eigenvalue weighted by Crippen LogP contribution is 2.22. The monoisotopic (exact) mass is 289 g/mol. The molecular weight excluding hydrogens is 274 g/mol. The van der Waals surface area contributed by atoms with E-state index < -0.39 is 16.7 Å². The molecule has 0 radical (unpaired) electrons. The molecule has 4 nitrogen and oxygen atoms in total. The SMILES string of the molecule is NC(=O)CS(=O)Cc1cccc(Oc2ccccc2)c1. The Morgan fingerprint density at radius 1 is 1.05 bits per heavy atom. The van der Waals surface area contributed by atoms with Crippen LogP contribution < -0.4 is 10.5 Å². The van der Waals surface area contributed by atoms with Gasteiger partial charge in [-0.25, -0.2) is 0 Å². The van der Waals surface area contributed by atoms with Crippen LogP contribution in [-0.4, -0.2) is 15.9 Å². The molecule has 0 aliphatic rings. The Kier molecular flexibility index (Phi) is 4.90. The predicted octanol–water partition coefficient (Wildman–Crippen LogP) is 2.21. The number of nitrogens with two attached hydrogens (primary N) is 1. The zero-order valence-corrected chi connectivity index (χ0v) is 11.6. The predicted molar refractivity (Wildman–Crippen MR) is 78.9 cm³/mol. The van der Waals surface area contributed by atoms with Gasteiger partial charge in [-0.05, 0) is 29.8 Å². The van der Waals surface area contributed by atoms with E-state index in [0.717, 1.165) is 11.3 Å². The molecule has 2 aromatic carbocycles. The maximum atomic E-state index is 11.7. The molecule has 0 fully saturated rings. The minimum absolute atomic E-state index is 0.121. The Morgan fingerprint density at radius 3 is 2.45 bits per heavy atom. The minimum Gasteiger partial charge on any atom is -0.457 e. The van der Waals surface area contributed by atoms with Gasteiger partial charge >= 0.3 is 0 Å². The number of benzene rings is 2. The summed E-state index contributed by atoms with van der Waals surface area (Å²) < 4.78 is 17.4. The van der Waals surface area contributed by atoms with Crippen molar-refractivity contribution >= 4 is 16.7 Å². The standard InChI is InChI=1S/C15H15NO3S/c16-15(17)11-20(18)10-12-5-4-8-14(9-12)19-13-6-2-1-3-7-13/h1-9H,10-11H2,(H2,16,17). The fraction of sp³-hybridized carbons (Fsp3) is 0.133. The van der Waals surface area contributed by atoms with Crippen molar-refractivity contribution in [3.8, 4) is 11.5 Å². The van der Waals surface area contributed by atoms with Gasteiger partial charge in [-0.3, -0.25) is 9.00 Å². The van der Waals surface area contributed by atoms with Gasteiger partial charge in [0.1, 0.15) is 17.3 Å². The molecule has 20 heavy (non-hydrogen) atoms. The first-order valence-corrected chi connectivity index (χ1v) is 7.57. The summed E-state index contributed by atoms with van der Waals surface area (Å²) in [5.41, 5.74) is 5.87. The fourth-order valence-electron chi connectivity index (χ4n) is 1.72. The summed E-state index contributed by atoms with van der Waals surface area (Å²) in [4.78, 5) is 10.7. The Morgan fingerprint density at radius 2 is 1.75 bits per heavy atom. The van der Waals surface area contributed by atoms with E-state index in [2.05, 4.69) is 0 Å². The van der Waals surface area contributed by atoms with Crippen molar-refractivity contribution in [2.45, 2.75) is 5.75 Å². The van der Waals surface area contributed by atoms with Gasteiger partial charge < -0.3 is 10.5 Å². The average molecular weight is 289 g/mol. The van der Waals surface area contributed by atoms with Gasteiger partial charge in [-0.15, -0.1) is 0 Å². The van der Waals surface area contributed by atoms with Crippen LogP contribution in [0.5, 0.6) is 11.5 Å². The van der Waals surface area contributed by atoms with E-state index in [-0.39, 0.29) is 11.5 Å². The Hall–Kier alpha value is -2.14. The lowest BCUT2D eigenvalue weighted by molar-refractivity contribution is -0.115. The Bertz CT molecular complexity index is 614. The number of hydrogen-bond donors (Lipinski definition) is 1. The molecule has 5 heteroatoms. The van der Waals surface area contributed by atoms with E-state index in [1.807, 2.05) is 54.6 Å². The van der Waals surface area contributed by atoms with Gasteiger partial charge in [0.25, 0.3) is 0 Å². The number of hydrogen-bond acceptors (Lipinski definition) is 3. The van der Waals surface area contributed by atoms with E-state index in [1.165, 1.54) is 0 Å². The van der Waals surface area contributed by atoms with Gasteiger partial charge in [0, 0.05) is 16.6 Å². The number of rotatable bonds is 6. The highest BCUT2D eigenvalue weighted by molar-refractivity contribution is 7.84. The lowest BCUT2D eigenvalue weighted by atomic mass is 10.2. The third-order valence-electron chi connectivity index (χ3n) is 2.51. The number of ether oxygens (including phenoxy) is 1. The summed E-state index contributed by atoms with van der Waals surface area (Å²) in [5, 5.41) is 0. The zero-order valence-electron chi connectivity index (χ0n) is 10.8. The summed E-state index contributed by atoms with van der Waals surface area (Å²) >= 11 is 0. The number of carbonyl (C=O) groups is 1. The topological polar surface area (TPSA) is 69.4 Å². The first-order valence-electron chi connectivity index (χ1n) is 6.08. The molecule has 1 atom stereocenters. The van der Waals surface area contributed by atoms with Crippen LogP contribution in [-0.2, 0) is 21.3 Å². The molecule has 104 valence electrons. The lowest BCUT2D eigenvalue weighted by Crippen LogP contribution is -2.20. The van der Waals surface area contributed by atoms with Crippen LogP contribution in [0.15, 0.2) is 54.6 Å². The van der Waals surface area contributed by atoms with Crippen LogP contribution >= 0.6 is 0 Å². The highest BCUT2D eigenvalue weighted by Gasteiger charge is 2.06. The van der Waals surface area contributed by atoms with Crippen molar-refractivity contribution < 1.29 is 13.7 Å². The number of amides is 1. The molecule has 0 saturated carbocycles. The summed E-state index contributed by atoms with van der Waals surface area (Å²) in [6.45, 7) is 0. The quantitative estimate of drug-likeness (QED) is 0.886. The largest absolute Gasteiger partial charge is 0.457 e. The minimum atomic E-state index is -1.29. The fourth-order valence-corrected chi connectivity index (χ4v) is 2.69. The van der Waals surface area contributed by atoms with Crippen molar-refractivity contribution in [1.29, 1.82) is 0 Å². The Labute approximate surface area is 120 Å². The molecule has 0 aromatic heterocycles. The molecule has 2 aromatic rings. The summed E-state index contributed by atoms with van der Waals surface area (Å²) in [5.74, 6) is 1.02. The summed E-state index contributed by atoms with van der Waals surface area (Å²) in [6, 6.07) is 16.7. The molecule has 0 saturated heterocycles. The molecule has 1 unspecified atom stereocenters. The first kappa shape index (κ1) is 14.3. The molecule has 1 amide bonds. The molecule has 0 aliphatic heterocycles. The second-order valence-corrected chi connectivity index (χ2v) is 5.71. The number of primary amides is 1. The van der Waals surface area contributed by atoms with Crippen LogP contribution in [0.25, 0.3) is 0 Å². The van der Waals surface area contributed by atoms with Crippen LogP contribution in [0.2, 0.25) is 0 Å². The van der Waals surface area contributed by atoms with Gasteiger partial charge in [-0.1, -0.05) is 30.3 Å². The highest BCUT2D eigenvalue weighted by atomic mass is 32.2. The number of para-hydroxylation sites is 1. The molecular formula is C15H15NO3S. The van der Waals surface area contributed by atoms with E-state index >= 15 is 0 Å². The van der Waals surface area contributed by atoms with Gasteiger partial charge in [0.2, 0.25) is 5.91 Å². The maximum Gasteiger partial charge on any atom is 0.230 e. The smallest absolute Gasteiger partial charge is 0.230 e. The molecule has 0 bridgehead atoms. The molecule has 0 spiro atoms. The average Bonchev–Trinajstić information content (AvgIpc) is 2.39. The maximum absolute atomic E-state index is 11.7. The molecule has 2 N–H and O–H groups in total. The molecule has 0 aliphatic carbocycles. The van der Waals surface area contributed by atoms with Crippen molar-refractivity contribution in [3.63, 3.8) is 0 Å². The van der Waals surface area contributed by atoms with Crippen molar-refractivity contribution in [2.24, 2.45) is 5.73 Å². The molecule has 0 heterocycles. The van der Waals surface area contributed by atoms with Crippen molar-refractivity contribution in [1.82, 2.24) is 0 Å². The number of carbonyl (C=O) groups excluding carboxylic acids is 1. The van der Waals surface area contributed by atoms with Gasteiger partial charge in [0.15, 0.2) is 0 Å².